The van der Waals surface area contributed by atoms with E-state index in [1.54, 1.807) is 6.21 Å². The molecule has 1 aliphatic heterocycles. The highest BCUT2D eigenvalue weighted by Crippen LogP contribution is 2.31. The van der Waals surface area contributed by atoms with E-state index in [1.165, 1.54) is 0 Å². The van der Waals surface area contributed by atoms with Crippen LogP contribution in [-0.2, 0) is 11.2 Å². The van der Waals surface area contributed by atoms with Gasteiger partial charge in [0.15, 0.2) is 11.5 Å². The third kappa shape index (κ3) is 3.45. The van der Waals surface area contributed by atoms with Crippen molar-refractivity contribution in [3.05, 3.63) is 53.9 Å². The summed E-state index contributed by atoms with van der Waals surface area (Å²) >= 11 is 0. The van der Waals surface area contributed by atoms with E-state index in [2.05, 4.69) is 20.5 Å². The Bertz CT molecular complexity index is 915. The van der Waals surface area contributed by atoms with Gasteiger partial charge in [-0.05, 0) is 35.9 Å². The van der Waals surface area contributed by atoms with Gasteiger partial charge in [0.2, 0.25) is 12.7 Å². The second-order valence-corrected chi connectivity index (χ2v) is 5.61. The molecule has 1 aliphatic rings. The third-order valence-corrected chi connectivity index (χ3v) is 3.83. The van der Waals surface area contributed by atoms with Crippen LogP contribution in [0.2, 0.25) is 0 Å². The van der Waals surface area contributed by atoms with Crippen molar-refractivity contribution < 1.29 is 14.3 Å². The van der Waals surface area contributed by atoms with E-state index in [0.29, 0.717) is 24.3 Å². The predicted octanol–water partition coefficient (Wildman–Crippen LogP) is 2.37. The fourth-order valence-corrected chi connectivity index (χ4v) is 2.58. The van der Waals surface area contributed by atoms with E-state index in [9.17, 15) is 4.79 Å². The van der Waals surface area contributed by atoms with E-state index < -0.39 is 0 Å². The van der Waals surface area contributed by atoms with Crippen molar-refractivity contribution in [2.24, 2.45) is 5.10 Å². The number of nitrogens with zero attached hydrogens (tertiary/aromatic N) is 2. The Morgan fingerprint density at radius 2 is 2.12 bits per heavy atom. The first-order valence-electron chi connectivity index (χ1n) is 7.93. The van der Waals surface area contributed by atoms with Crippen LogP contribution in [0.4, 0.5) is 0 Å². The molecule has 3 aromatic rings. The number of aryl methyl sites for hydroxylation is 1. The molecule has 126 valence electrons. The van der Waals surface area contributed by atoms with Gasteiger partial charge in [0, 0.05) is 12.8 Å². The lowest BCUT2D eigenvalue weighted by molar-refractivity contribution is -0.121. The molecule has 0 atom stereocenters. The zero-order valence-corrected chi connectivity index (χ0v) is 13.4. The van der Waals surface area contributed by atoms with Gasteiger partial charge in [-0.25, -0.2) is 10.4 Å². The fraction of sp³-hybridized carbons (Fsp3) is 0.167. The van der Waals surface area contributed by atoms with Crippen molar-refractivity contribution in [2.75, 3.05) is 6.79 Å². The molecule has 0 saturated carbocycles. The highest BCUT2D eigenvalue weighted by Gasteiger charge is 2.12. The summed E-state index contributed by atoms with van der Waals surface area (Å²) in [6.45, 7) is 0.231. The molecule has 0 radical (unpaired) electrons. The van der Waals surface area contributed by atoms with Gasteiger partial charge < -0.3 is 14.5 Å². The van der Waals surface area contributed by atoms with Crippen LogP contribution < -0.4 is 14.9 Å². The van der Waals surface area contributed by atoms with Gasteiger partial charge in [-0.2, -0.15) is 5.10 Å². The van der Waals surface area contributed by atoms with Crippen molar-refractivity contribution >= 4 is 23.2 Å². The topological polar surface area (TPSA) is 88.6 Å². The van der Waals surface area contributed by atoms with Gasteiger partial charge in [0.05, 0.1) is 17.2 Å². The highest BCUT2D eigenvalue weighted by molar-refractivity contribution is 5.83. The zero-order valence-electron chi connectivity index (χ0n) is 13.4. The number of para-hydroxylation sites is 2. The average Bonchev–Trinajstić information content (AvgIpc) is 3.25. The van der Waals surface area contributed by atoms with E-state index in [1.807, 2.05) is 42.5 Å². The number of aromatic nitrogens is 2. The lowest BCUT2D eigenvalue weighted by Crippen LogP contribution is -2.18. The normalized spacial score (nSPS) is 12.8. The van der Waals surface area contributed by atoms with Crippen molar-refractivity contribution in [2.45, 2.75) is 12.8 Å². The number of hydrogen-bond acceptors (Lipinski definition) is 5. The molecule has 0 aliphatic carbocycles. The van der Waals surface area contributed by atoms with Crippen molar-refractivity contribution in [3.8, 4) is 11.5 Å². The molecule has 0 unspecified atom stereocenters. The molecule has 0 fully saturated rings. The molecule has 2 heterocycles. The summed E-state index contributed by atoms with van der Waals surface area (Å²) in [5.41, 5.74) is 5.21. The van der Waals surface area contributed by atoms with Gasteiger partial charge in [-0.15, -0.1) is 0 Å². The minimum atomic E-state index is -0.169. The van der Waals surface area contributed by atoms with E-state index in [4.69, 9.17) is 9.47 Å². The molecule has 0 bridgehead atoms. The summed E-state index contributed by atoms with van der Waals surface area (Å²) in [6, 6.07) is 13.2. The molecule has 4 rings (SSSR count). The number of benzene rings is 2. The van der Waals surface area contributed by atoms with Gasteiger partial charge in [-0.1, -0.05) is 12.1 Å². The van der Waals surface area contributed by atoms with Gasteiger partial charge in [0.25, 0.3) is 0 Å². The molecular formula is C18H16N4O3. The number of rotatable bonds is 5. The number of hydrogen-bond donors (Lipinski definition) is 2. The van der Waals surface area contributed by atoms with Crippen molar-refractivity contribution in [3.63, 3.8) is 0 Å². The number of amides is 1. The second-order valence-electron chi connectivity index (χ2n) is 5.61. The predicted molar refractivity (Wildman–Crippen MR) is 92.7 cm³/mol. The minimum Gasteiger partial charge on any atom is -0.454 e. The molecule has 7 nitrogen and oxygen atoms in total. The Hall–Kier alpha value is -3.35. The summed E-state index contributed by atoms with van der Waals surface area (Å²) in [6.07, 6.45) is 2.40. The standard InChI is InChI=1S/C18H16N4O3/c23-18(8-7-17-20-13-3-1-2-4-14(13)21-17)22-19-10-12-5-6-15-16(9-12)25-11-24-15/h1-6,9-10H,7-8,11H2,(H,20,21)(H,22,23). The van der Waals surface area contributed by atoms with Gasteiger partial charge in [0.1, 0.15) is 5.82 Å². The number of imidazole rings is 1. The Kier molecular flexibility index (Phi) is 4.04. The number of carbonyl (C=O) groups is 1. The number of aromatic amines is 1. The second kappa shape index (κ2) is 6.64. The number of carbonyl (C=O) groups excluding carboxylic acids is 1. The molecule has 25 heavy (non-hydrogen) atoms. The van der Waals surface area contributed by atoms with E-state index in [-0.39, 0.29) is 12.7 Å². The van der Waals surface area contributed by atoms with Gasteiger partial charge >= 0.3 is 0 Å². The van der Waals surface area contributed by atoms with E-state index in [0.717, 1.165) is 22.4 Å². The van der Waals surface area contributed by atoms with Crippen LogP contribution in [-0.4, -0.2) is 28.9 Å². The summed E-state index contributed by atoms with van der Waals surface area (Å²) in [4.78, 5) is 19.5. The van der Waals surface area contributed by atoms with Crippen LogP contribution >= 0.6 is 0 Å². The lowest BCUT2D eigenvalue weighted by Gasteiger charge is -1.99. The SMILES string of the molecule is O=C(CCc1nc2ccccc2[nH]1)NN=Cc1ccc2c(c1)OCO2. The molecule has 1 amide bonds. The lowest BCUT2D eigenvalue weighted by atomic mass is 10.2. The maximum Gasteiger partial charge on any atom is 0.240 e. The quantitative estimate of drug-likeness (QED) is 0.553. The first-order valence-corrected chi connectivity index (χ1v) is 7.93. The average molecular weight is 336 g/mol. The maximum absolute atomic E-state index is 11.9. The largest absolute Gasteiger partial charge is 0.454 e. The number of hydrazone groups is 1. The Balaban J connectivity index is 1.30. The number of fused-ring (bicyclic) bond motifs is 2. The molecule has 2 aromatic carbocycles. The van der Waals surface area contributed by atoms with Crippen LogP contribution in [0, 0.1) is 0 Å². The summed E-state index contributed by atoms with van der Waals surface area (Å²) in [5.74, 6) is 2.01. The van der Waals surface area contributed by atoms with Gasteiger partial charge in [-0.3, -0.25) is 4.79 Å². The van der Waals surface area contributed by atoms with Crippen LogP contribution in [0.5, 0.6) is 11.5 Å². The fourth-order valence-electron chi connectivity index (χ4n) is 2.58. The monoisotopic (exact) mass is 336 g/mol. The Labute approximate surface area is 143 Å². The minimum absolute atomic E-state index is 0.169. The van der Waals surface area contributed by atoms with Crippen molar-refractivity contribution in [1.29, 1.82) is 0 Å². The molecule has 0 saturated heterocycles. The van der Waals surface area contributed by atoms with Crippen LogP contribution in [0.1, 0.15) is 17.8 Å². The molecule has 2 N–H and O–H groups in total. The molecular weight excluding hydrogens is 320 g/mol. The molecule has 1 aromatic heterocycles. The highest BCUT2D eigenvalue weighted by atomic mass is 16.7. The first kappa shape index (κ1) is 15.2. The third-order valence-electron chi connectivity index (χ3n) is 3.83. The maximum atomic E-state index is 11.9. The van der Waals surface area contributed by atoms with Crippen LogP contribution in [0.3, 0.4) is 0 Å². The summed E-state index contributed by atoms with van der Waals surface area (Å²) < 4.78 is 10.5. The molecule has 0 spiro atoms. The Morgan fingerprint density at radius 1 is 1.24 bits per heavy atom. The first-order chi connectivity index (χ1) is 12.3. The smallest absolute Gasteiger partial charge is 0.240 e. The van der Waals surface area contributed by atoms with Crippen LogP contribution in [0.15, 0.2) is 47.6 Å². The molecule has 7 heteroatoms. The van der Waals surface area contributed by atoms with Crippen LogP contribution in [0.25, 0.3) is 11.0 Å². The number of ether oxygens (including phenoxy) is 2. The number of nitrogens with one attached hydrogen (secondary N) is 2. The van der Waals surface area contributed by atoms with E-state index >= 15 is 0 Å². The summed E-state index contributed by atoms with van der Waals surface area (Å²) in [7, 11) is 0. The Morgan fingerprint density at radius 3 is 3.04 bits per heavy atom. The van der Waals surface area contributed by atoms with Crippen molar-refractivity contribution in [1.82, 2.24) is 15.4 Å². The summed E-state index contributed by atoms with van der Waals surface area (Å²) in [5, 5.41) is 3.97. The number of H-pyrrole nitrogens is 1. The zero-order chi connectivity index (χ0) is 17.1.